The van der Waals surface area contributed by atoms with Crippen molar-refractivity contribution in [3.8, 4) is 11.5 Å². The zero-order valence-electron chi connectivity index (χ0n) is 17.8. The molecule has 0 saturated carbocycles. The lowest BCUT2D eigenvalue weighted by Crippen LogP contribution is -2.34. The van der Waals surface area contributed by atoms with E-state index >= 15 is 0 Å². The number of carbonyl (C=O) groups is 1. The summed E-state index contributed by atoms with van der Waals surface area (Å²) in [6.07, 6.45) is 3.15. The van der Waals surface area contributed by atoms with Gasteiger partial charge in [0.2, 0.25) is 0 Å². The third kappa shape index (κ3) is 3.39. The minimum absolute atomic E-state index is 0.118. The summed E-state index contributed by atoms with van der Waals surface area (Å²) < 4.78 is 10.9. The van der Waals surface area contributed by atoms with Gasteiger partial charge in [0.1, 0.15) is 11.6 Å². The first-order valence-corrected chi connectivity index (χ1v) is 11.0. The molecule has 1 aromatic carbocycles. The van der Waals surface area contributed by atoms with Gasteiger partial charge in [-0.1, -0.05) is 31.7 Å². The van der Waals surface area contributed by atoms with Crippen molar-refractivity contribution in [3.63, 3.8) is 0 Å². The number of methoxy groups -OCH3 is 2. The lowest BCUT2D eigenvalue weighted by molar-refractivity contribution is -0.118. The number of nitrogens with zero attached hydrogens (tertiary/aromatic N) is 2. The molecule has 2 heterocycles. The molecule has 0 radical (unpaired) electrons. The molecule has 0 saturated heterocycles. The number of nitrogen functional groups attached to an aromatic ring is 1. The number of nitrogens with one attached hydrogen (secondary N) is 1. The van der Waals surface area contributed by atoms with Crippen LogP contribution in [0, 0.1) is 5.41 Å². The SMILES string of the molecule is COc1ccc(C2C3=C(CC(C)(C)CC3=O)Nc3nc(SC)nc(N)c32)cc1OC. The van der Waals surface area contributed by atoms with Gasteiger partial charge in [0.15, 0.2) is 22.4 Å². The van der Waals surface area contributed by atoms with E-state index in [4.69, 9.17) is 15.2 Å². The zero-order chi connectivity index (χ0) is 21.6. The van der Waals surface area contributed by atoms with Gasteiger partial charge < -0.3 is 20.5 Å². The number of rotatable bonds is 4. The summed E-state index contributed by atoms with van der Waals surface area (Å²) in [5.41, 5.74) is 9.55. The van der Waals surface area contributed by atoms with Crippen LogP contribution in [0.3, 0.4) is 0 Å². The molecule has 30 heavy (non-hydrogen) atoms. The molecular weight excluding hydrogens is 400 g/mol. The predicted molar refractivity (Wildman–Crippen MR) is 118 cm³/mol. The molecule has 0 spiro atoms. The van der Waals surface area contributed by atoms with Crippen molar-refractivity contribution in [2.24, 2.45) is 5.41 Å². The summed E-state index contributed by atoms with van der Waals surface area (Å²) >= 11 is 1.43. The summed E-state index contributed by atoms with van der Waals surface area (Å²) in [6, 6.07) is 5.69. The van der Waals surface area contributed by atoms with Gasteiger partial charge >= 0.3 is 0 Å². The normalized spacial score (nSPS) is 19.6. The number of allylic oxidation sites excluding steroid dienone is 2. The molecule has 4 rings (SSSR count). The molecule has 7 nitrogen and oxygen atoms in total. The molecule has 1 unspecified atom stereocenters. The molecule has 0 amide bonds. The van der Waals surface area contributed by atoms with Crippen LogP contribution < -0.4 is 20.5 Å². The van der Waals surface area contributed by atoms with E-state index in [9.17, 15) is 4.79 Å². The average molecular weight is 427 g/mol. The smallest absolute Gasteiger partial charge is 0.191 e. The number of thioether (sulfide) groups is 1. The van der Waals surface area contributed by atoms with Crippen molar-refractivity contribution in [1.29, 1.82) is 0 Å². The largest absolute Gasteiger partial charge is 0.493 e. The van der Waals surface area contributed by atoms with Crippen LogP contribution in [0.15, 0.2) is 34.6 Å². The summed E-state index contributed by atoms with van der Waals surface area (Å²) in [5, 5.41) is 4.00. The van der Waals surface area contributed by atoms with Gasteiger partial charge in [0.25, 0.3) is 0 Å². The van der Waals surface area contributed by atoms with E-state index in [2.05, 4.69) is 29.1 Å². The molecule has 3 N–H and O–H groups in total. The van der Waals surface area contributed by atoms with Gasteiger partial charge in [-0.2, -0.15) is 0 Å². The summed E-state index contributed by atoms with van der Waals surface area (Å²) in [6.45, 7) is 4.22. The molecule has 1 aliphatic carbocycles. The van der Waals surface area contributed by atoms with E-state index in [0.29, 0.717) is 34.7 Å². The van der Waals surface area contributed by atoms with Crippen LogP contribution in [0.25, 0.3) is 0 Å². The Balaban J connectivity index is 1.97. The van der Waals surface area contributed by atoms with Crippen LogP contribution in [0.4, 0.5) is 11.6 Å². The highest BCUT2D eigenvalue weighted by Crippen LogP contribution is 2.50. The van der Waals surface area contributed by atoms with Gasteiger partial charge in [-0.25, -0.2) is 9.97 Å². The van der Waals surface area contributed by atoms with Gasteiger partial charge in [-0.15, -0.1) is 0 Å². The van der Waals surface area contributed by atoms with Gasteiger partial charge in [0.05, 0.1) is 14.2 Å². The number of ether oxygens (including phenoxy) is 2. The fraction of sp³-hybridized carbons (Fsp3) is 0.409. The number of hydrogen-bond donors (Lipinski definition) is 2. The summed E-state index contributed by atoms with van der Waals surface area (Å²) in [4.78, 5) is 22.4. The Morgan fingerprint density at radius 3 is 2.57 bits per heavy atom. The highest BCUT2D eigenvalue weighted by molar-refractivity contribution is 7.98. The van der Waals surface area contributed by atoms with Crippen molar-refractivity contribution in [2.75, 3.05) is 31.5 Å². The molecule has 0 fully saturated rings. The Morgan fingerprint density at radius 2 is 1.90 bits per heavy atom. The number of benzene rings is 1. The van der Waals surface area contributed by atoms with Crippen LogP contribution in [-0.2, 0) is 4.79 Å². The summed E-state index contributed by atoms with van der Waals surface area (Å²) in [7, 11) is 3.19. The fourth-order valence-electron chi connectivity index (χ4n) is 4.37. The van der Waals surface area contributed by atoms with Crippen molar-refractivity contribution in [2.45, 2.75) is 37.8 Å². The number of Topliss-reactive ketones (excluding diaryl/α,β-unsaturated/α-hetero) is 1. The van der Waals surface area contributed by atoms with E-state index < -0.39 is 0 Å². The molecule has 2 aliphatic rings. The topological polar surface area (TPSA) is 99.4 Å². The first kappa shape index (κ1) is 20.5. The molecule has 0 bridgehead atoms. The van der Waals surface area contributed by atoms with E-state index in [0.717, 1.165) is 28.8 Å². The van der Waals surface area contributed by atoms with Crippen molar-refractivity contribution < 1.29 is 14.3 Å². The summed E-state index contributed by atoms with van der Waals surface area (Å²) in [5.74, 6) is 2.02. The maximum atomic E-state index is 13.3. The third-order valence-electron chi connectivity index (χ3n) is 5.64. The van der Waals surface area contributed by atoms with Crippen LogP contribution in [0.1, 0.15) is 43.7 Å². The lowest BCUT2D eigenvalue weighted by Gasteiger charge is -2.39. The van der Waals surface area contributed by atoms with E-state index in [1.54, 1.807) is 14.2 Å². The number of nitrogens with two attached hydrogens (primary N) is 1. The van der Waals surface area contributed by atoms with Gasteiger partial charge in [0, 0.05) is 29.2 Å². The highest BCUT2D eigenvalue weighted by Gasteiger charge is 2.42. The number of aromatic nitrogens is 2. The zero-order valence-corrected chi connectivity index (χ0v) is 18.6. The molecule has 8 heteroatoms. The fourth-order valence-corrected chi connectivity index (χ4v) is 4.74. The van der Waals surface area contributed by atoms with E-state index in [1.807, 2.05) is 24.5 Å². The number of fused-ring (bicyclic) bond motifs is 1. The third-order valence-corrected chi connectivity index (χ3v) is 6.19. The van der Waals surface area contributed by atoms with Crippen LogP contribution >= 0.6 is 11.8 Å². The molecule has 2 aromatic rings. The van der Waals surface area contributed by atoms with Crippen molar-refractivity contribution >= 4 is 29.2 Å². The second kappa shape index (κ2) is 7.50. The maximum absolute atomic E-state index is 13.3. The second-order valence-electron chi connectivity index (χ2n) is 8.36. The van der Waals surface area contributed by atoms with Crippen molar-refractivity contribution in [3.05, 3.63) is 40.6 Å². The number of carbonyl (C=O) groups excluding carboxylic acids is 1. The molecule has 1 atom stereocenters. The van der Waals surface area contributed by atoms with Crippen LogP contribution in [0.2, 0.25) is 0 Å². The standard InChI is InChI=1S/C22H26N4O3S/c1-22(2)9-12-17(13(27)10-22)16(11-6-7-14(28-3)15(8-11)29-4)18-19(23)25-21(30-5)26-20(18)24-12/h6-8,16H,9-10H2,1-5H3,(H3,23,24,25,26). The van der Waals surface area contributed by atoms with Gasteiger partial charge in [-0.3, -0.25) is 4.79 Å². The lowest BCUT2D eigenvalue weighted by atomic mass is 9.69. The maximum Gasteiger partial charge on any atom is 0.191 e. The highest BCUT2D eigenvalue weighted by atomic mass is 32.2. The molecule has 158 valence electrons. The average Bonchev–Trinajstić information content (AvgIpc) is 2.70. The van der Waals surface area contributed by atoms with Crippen LogP contribution in [-0.4, -0.2) is 36.2 Å². The van der Waals surface area contributed by atoms with Gasteiger partial charge in [-0.05, 0) is 35.8 Å². The molecule has 1 aliphatic heterocycles. The molecule has 1 aromatic heterocycles. The van der Waals surface area contributed by atoms with E-state index in [-0.39, 0.29) is 17.1 Å². The first-order valence-electron chi connectivity index (χ1n) is 9.74. The minimum Gasteiger partial charge on any atom is -0.493 e. The number of ketones is 1. The first-order chi connectivity index (χ1) is 14.3. The quantitative estimate of drug-likeness (QED) is 0.559. The molecular formula is C22H26N4O3S. The Bertz CT molecular complexity index is 1060. The van der Waals surface area contributed by atoms with Crippen molar-refractivity contribution in [1.82, 2.24) is 9.97 Å². The van der Waals surface area contributed by atoms with E-state index in [1.165, 1.54) is 11.8 Å². The number of anilines is 2. The predicted octanol–water partition coefficient (Wildman–Crippen LogP) is 4.00. The Labute approximate surface area is 180 Å². The Hall–Kier alpha value is -2.74. The Morgan fingerprint density at radius 1 is 1.17 bits per heavy atom. The monoisotopic (exact) mass is 426 g/mol. The Kier molecular flexibility index (Phi) is 5.13. The van der Waals surface area contributed by atoms with Crippen LogP contribution in [0.5, 0.6) is 11.5 Å². The second-order valence-corrected chi connectivity index (χ2v) is 9.14. The number of hydrogen-bond acceptors (Lipinski definition) is 8. The minimum atomic E-state index is -0.365.